The molecular formula is C22H24N4O2. The van der Waals surface area contributed by atoms with Crippen LogP contribution in [0.5, 0.6) is 0 Å². The van der Waals surface area contributed by atoms with Gasteiger partial charge in [-0.1, -0.05) is 49.4 Å². The second-order valence-corrected chi connectivity index (χ2v) is 6.36. The van der Waals surface area contributed by atoms with E-state index in [1.165, 1.54) is 5.56 Å². The molecule has 3 aromatic rings. The van der Waals surface area contributed by atoms with E-state index in [-0.39, 0.29) is 18.4 Å². The maximum atomic E-state index is 12.8. The van der Waals surface area contributed by atoms with Gasteiger partial charge < -0.3 is 10.6 Å². The van der Waals surface area contributed by atoms with Crippen molar-refractivity contribution in [2.24, 2.45) is 0 Å². The maximum Gasteiger partial charge on any atom is 0.255 e. The van der Waals surface area contributed by atoms with E-state index < -0.39 is 0 Å². The van der Waals surface area contributed by atoms with Crippen LogP contribution in [0.25, 0.3) is 16.9 Å². The summed E-state index contributed by atoms with van der Waals surface area (Å²) in [6.45, 7) is 4.38. The molecule has 3 rings (SSSR count). The number of rotatable bonds is 7. The van der Waals surface area contributed by atoms with E-state index in [1.54, 1.807) is 10.9 Å². The van der Waals surface area contributed by atoms with Gasteiger partial charge in [-0.15, -0.1) is 0 Å². The topological polar surface area (TPSA) is 76.0 Å². The number of nitrogens with zero attached hydrogens (tertiary/aromatic N) is 2. The minimum Gasteiger partial charge on any atom is -0.355 e. The number of hydrogen-bond donors (Lipinski definition) is 2. The van der Waals surface area contributed by atoms with E-state index >= 15 is 0 Å². The Morgan fingerprint density at radius 3 is 2.32 bits per heavy atom. The normalized spacial score (nSPS) is 10.5. The van der Waals surface area contributed by atoms with Crippen LogP contribution >= 0.6 is 0 Å². The molecule has 28 heavy (non-hydrogen) atoms. The molecule has 0 aliphatic heterocycles. The summed E-state index contributed by atoms with van der Waals surface area (Å²) in [5.41, 5.74) is 3.94. The summed E-state index contributed by atoms with van der Waals surface area (Å²) < 4.78 is 1.68. The van der Waals surface area contributed by atoms with E-state index in [4.69, 9.17) is 0 Å². The van der Waals surface area contributed by atoms with Gasteiger partial charge in [0.2, 0.25) is 5.91 Å². The number of nitrogens with one attached hydrogen (secondary N) is 2. The Balaban J connectivity index is 1.95. The second-order valence-electron chi connectivity index (χ2n) is 6.36. The van der Waals surface area contributed by atoms with Crippen LogP contribution in [-0.2, 0) is 11.2 Å². The first-order chi connectivity index (χ1) is 13.6. The predicted octanol–water partition coefficient (Wildman–Crippen LogP) is 2.97. The Morgan fingerprint density at radius 1 is 0.964 bits per heavy atom. The van der Waals surface area contributed by atoms with E-state index in [2.05, 4.69) is 22.7 Å². The lowest BCUT2D eigenvalue weighted by Gasteiger charge is -2.06. The molecule has 1 heterocycles. The third-order valence-corrected chi connectivity index (χ3v) is 4.40. The minimum atomic E-state index is -0.331. The van der Waals surface area contributed by atoms with Gasteiger partial charge in [-0.05, 0) is 31.0 Å². The van der Waals surface area contributed by atoms with Crippen LogP contribution in [0.3, 0.4) is 0 Å². The molecule has 0 aliphatic rings. The predicted molar refractivity (Wildman–Crippen MR) is 109 cm³/mol. The largest absolute Gasteiger partial charge is 0.355 e. The molecule has 2 aromatic carbocycles. The molecule has 0 atom stereocenters. The van der Waals surface area contributed by atoms with Gasteiger partial charge in [-0.2, -0.15) is 5.10 Å². The zero-order valence-corrected chi connectivity index (χ0v) is 16.1. The van der Waals surface area contributed by atoms with Crippen LogP contribution in [0.15, 0.2) is 60.8 Å². The summed E-state index contributed by atoms with van der Waals surface area (Å²) in [6.07, 6.45) is 2.64. The van der Waals surface area contributed by atoms with Gasteiger partial charge in [0.1, 0.15) is 5.69 Å². The summed E-state index contributed by atoms with van der Waals surface area (Å²) in [6, 6.07) is 17.6. The van der Waals surface area contributed by atoms with Gasteiger partial charge in [-0.25, -0.2) is 4.68 Å². The highest BCUT2D eigenvalue weighted by atomic mass is 16.2. The highest BCUT2D eigenvalue weighted by Crippen LogP contribution is 2.24. The van der Waals surface area contributed by atoms with Crippen LogP contribution in [0.1, 0.15) is 29.8 Å². The molecule has 2 N–H and O–H groups in total. The lowest BCUT2D eigenvalue weighted by Crippen LogP contribution is -2.36. The monoisotopic (exact) mass is 376 g/mol. The molecule has 0 radical (unpaired) electrons. The van der Waals surface area contributed by atoms with Crippen molar-refractivity contribution in [3.05, 3.63) is 71.9 Å². The Labute approximate surface area is 164 Å². The van der Waals surface area contributed by atoms with Crippen molar-refractivity contribution in [3.63, 3.8) is 0 Å². The van der Waals surface area contributed by atoms with E-state index in [0.717, 1.165) is 17.7 Å². The Hall–Kier alpha value is -3.41. The number of para-hydroxylation sites is 1. The van der Waals surface area contributed by atoms with Crippen molar-refractivity contribution >= 4 is 11.8 Å². The second kappa shape index (κ2) is 8.99. The fourth-order valence-corrected chi connectivity index (χ4v) is 2.88. The number of benzene rings is 2. The molecule has 0 bridgehead atoms. The fraction of sp³-hybridized carbons (Fsp3) is 0.227. The molecular weight excluding hydrogens is 352 g/mol. The molecule has 0 saturated heterocycles. The van der Waals surface area contributed by atoms with Gasteiger partial charge in [0, 0.05) is 18.3 Å². The van der Waals surface area contributed by atoms with Crippen LogP contribution in [0.2, 0.25) is 0 Å². The summed E-state index contributed by atoms with van der Waals surface area (Å²) >= 11 is 0. The molecule has 0 fully saturated rings. The van der Waals surface area contributed by atoms with Crippen LogP contribution in [0, 0.1) is 0 Å². The molecule has 6 nitrogen and oxygen atoms in total. The van der Waals surface area contributed by atoms with E-state index in [9.17, 15) is 9.59 Å². The molecule has 0 saturated carbocycles. The molecule has 6 heteroatoms. The molecule has 144 valence electrons. The number of likely N-dealkylation sites (N-methyl/N-ethyl adjacent to an activating group) is 1. The Kier molecular flexibility index (Phi) is 6.22. The van der Waals surface area contributed by atoms with Crippen molar-refractivity contribution in [1.82, 2.24) is 20.4 Å². The first kappa shape index (κ1) is 19.4. The molecule has 2 amide bonds. The third kappa shape index (κ3) is 4.46. The van der Waals surface area contributed by atoms with Gasteiger partial charge in [0.15, 0.2) is 0 Å². The number of hydrogen-bond acceptors (Lipinski definition) is 3. The molecule has 1 aromatic heterocycles. The number of aryl methyl sites for hydroxylation is 1. The molecule has 0 unspecified atom stereocenters. The molecule has 0 spiro atoms. The van der Waals surface area contributed by atoms with Crippen LogP contribution < -0.4 is 10.6 Å². The first-order valence-electron chi connectivity index (χ1n) is 9.41. The average molecular weight is 376 g/mol. The van der Waals surface area contributed by atoms with Crippen molar-refractivity contribution in [2.45, 2.75) is 20.3 Å². The van der Waals surface area contributed by atoms with Gasteiger partial charge in [0.05, 0.1) is 17.8 Å². The SMILES string of the molecule is CCNC(=O)CNC(=O)c1cn(-c2ccccc2)nc1-c1ccc(CC)cc1. The number of aromatic nitrogens is 2. The van der Waals surface area contributed by atoms with Crippen LogP contribution in [-0.4, -0.2) is 34.7 Å². The fourth-order valence-electron chi connectivity index (χ4n) is 2.88. The first-order valence-corrected chi connectivity index (χ1v) is 9.41. The Morgan fingerprint density at radius 2 is 1.68 bits per heavy atom. The van der Waals surface area contributed by atoms with Gasteiger partial charge in [0.25, 0.3) is 5.91 Å². The smallest absolute Gasteiger partial charge is 0.255 e. The van der Waals surface area contributed by atoms with E-state index in [1.807, 2.05) is 61.5 Å². The standard InChI is InChI=1S/C22H24N4O2/c1-3-16-10-12-17(13-11-16)21-19(22(28)24-14-20(27)23-4-2)15-26(25-21)18-8-6-5-7-9-18/h5-13,15H,3-4,14H2,1-2H3,(H,23,27)(H,24,28). The summed E-state index contributed by atoms with van der Waals surface area (Å²) in [5.74, 6) is -0.553. The lowest BCUT2D eigenvalue weighted by molar-refractivity contribution is -0.120. The summed E-state index contributed by atoms with van der Waals surface area (Å²) in [7, 11) is 0. The maximum absolute atomic E-state index is 12.8. The summed E-state index contributed by atoms with van der Waals surface area (Å²) in [4.78, 5) is 24.5. The highest BCUT2D eigenvalue weighted by molar-refractivity contribution is 6.01. The number of amides is 2. The zero-order chi connectivity index (χ0) is 19.9. The van der Waals surface area contributed by atoms with Crippen molar-refractivity contribution < 1.29 is 9.59 Å². The average Bonchev–Trinajstić information content (AvgIpc) is 3.18. The quantitative estimate of drug-likeness (QED) is 0.666. The van der Waals surface area contributed by atoms with Crippen molar-refractivity contribution in [2.75, 3.05) is 13.1 Å². The number of carbonyl (C=O) groups is 2. The third-order valence-electron chi connectivity index (χ3n) is 4.40. The summed E-state index contributed by atoms with van der Waals surface area (Å²) in [5, 5.41) is 9.99. The zero-order valence-electron chi connectivity index (χ0n) is 16.1. The van der Waals surface area contributed by atoms with Crippen molar-refractivity contribution in [3.8, 4) is 16.9 Å². The number of carbonyl (C=O) groups excluding carboxylic acids is 2. The van der Waals surface area contributed by atoms with E-state index in [0.29, 0.717) is 17.8 Å². The molecule has 0 aliphatic carbocycles. The van der Waals surface area contributed by atoms with Crippen LogP contribution in [0.4, 0.5) is 0 Å². The Bertz CT molecular complexity index is 946. The minimum absolute atomic E-state index is 0.0720. The van der Waals surface area contributed by atoms with Gasteiger partial charge in [-0.3, -0.25) is 9.59 Å². The van der Waals surface area contributed by atoms with Crippen molar-refractivity contribution in [1.29, 1.82) is 0 Å². The van der Waals surface area contributed by atoms with Gasteiger partial charge >= 0.3 is 0 Å². The lowest BCUT2D eigenvalue weighted by atomic mass is 10.0. The highest BCUT2D eigenvalue weighted by Gasteiger charge is 2.19.